The largest absolute Gasteiger partial charge is 0.508 e. The summed E-state index contributed by atoms with van der Waals surface area (Å²) in [6.07, 6.45) is 0. The fourth-order valence-corrected chi connectivity index (χ4v) is 1.78. The summed E-state index contributed by atoms with van der Waals surface area (Å²) in [5.41, 5.74) is 5.47. The first-order valence-electron chi connectivity index (χ1n) is 7.92. The second-order valence-electron chi connectivity index (χ2n) is 5.68. The van der Waals surface area contributed by atoms with E-state index >= 15 is 0 Å². The standard InChI is InChI=1S/2C8H10.C6H6O2/c2*1-7-5-3-4-6-8(7)2;7-5-1-2-6(8)4-3-5/h2*3-6H,1-2H3;1-4,7-8H. The molecule has 3 rings (SSSR count). The van der Waals surface area contributed by atoms with Crippen LogP contribution in [0.2, 0.25) is 0 Å². The van der Waals surface area contributed by atoms with Crippen molar-refractivity contribution in [3.63, 3.8) is 0 Å². The van der Waals surface area contributed by atoms with Crippen molar-refractivity contribution in [2.24, 2.45) is 0 Å². The average molecular weight is 322 g/mol. The number of phenolic OH excluding ortho intramolecular Hbond substituents is 2. The lowest BCUT2D eigenvalue weighted by atomic mass is 10.1. The molecule has 0 fully saturated rings. The van der Waals surface area contributed by atoms with Gasteiger partial charge in [0.1, 0.15) is 11.5 Å². The van der Waals surface area contributed by atoms with E-state index in [1.165, 1.54) is 46.5 Å². The van der Waals surface area contributed by atoms with Crippen LogP contribution in [0.1, 0.15) is 22.3 Å². The Labute approximate surface area is 145 Å². The molecule has 2 nitrogen and oxygen atoms in total. The van der Waals surface area contributed by atoms with E-state index in [0.717, 1.165) is 0 Å². The van der Waals surface area contributed by atoms with E-state index < -0.39 is 0 Å². The molecular weight excluding hydrogens is 296 g/mol. The summed E-state index contributed by atoms with van der Waals surface area (Å²) < 4.78 is 0. The van der Waals surface area contributed by atoms with Crippen molar-refractivity contribution in [1.82, 2.24) is 0 Å². The highest BCUT2D eigenvalue weighted by Crippen LogP contribution is 2.13. The Morgan fingerprint density at radius 3 is 0.792 bits per heavy atom. The molecule has 0 aliphatic heterocycles. The second-order valence-corrected chi connectivity index (χ2v) is 5.68. The highest BCUT2D eigenvalue weighted by molar-refractivity contribution is 5.28. The van der Waals surface area contributed by atoms with E-state index in [0.29, 0.717) is 0 Å². The van der Waals surface area contributed by atoms with Crippen LogP contribution in [0.25, 0.3) is 0 Å². The van der Waals surface area contributed by atoms with Crippen LogP contribution in [0.15, 0.2) is 72.8 Å². The van der Waals surface area contributed by atoms with Gasteiger partial charge in [0.2, 0.25) is 0 Å². The Hall–Kier alpha value is -2.74. The lowest BCUT2D eigenvalue weighted by molar-refractivity contribution is 0.460. The highest BCUT2D eigenvalue weighted by atomic mass is 16.3. The number of aryl methyl sites for hydroxylation is 4. The van der Waals surface area contributed by atoms with Gasteiger partial charge in [-0.15, -0.1) is 0 Å². The van der Waals surface area contributed by atoms with Crippen molar-refractivity contribution in [2.45, 2.75) is 27.7 Å². The molecule has 2 heteroatoms. The Kier molecular flexibility index (Phi) is 8.14. The van der Waals surface area contributed by atoms with Crippen LogP contribution in [0.3, 0.4) is 0 Å². The van der Waals surface area contributed by atoms with E-state index in [1.807, 2.05) is 0 Å². The molecule has 0 saturated carbocycles. The monoisotopic (exact) mass is 322 g/mol. The van der Waals surface area contributed by atoms with Crippen LogP contribution in [0, 0.1) is 27.7 Å². The molecule has 24 heavy (non-hydrogen) atoms. The lowest BCUT2D eigenvalue weighted by Gasteiger charge is -1.93. The van der Waals surface area contributed by atoms with Gasteiger partial charge < -0.3 is 10.2 Å². The number of benzene rings is 3. The number of hydrogen-bond acceptors (Lipinski definition) is 2. The minimum absolute atomic E-state index is 0.169. The van der Waals surface area contributed by atoms with Gasteiger partial charge in [-0.05, 0) is 74.2 Å². The van der Waals surface area contributed by atoms with Gasteiger partial charge in [-0.1, -0.05) is 48.5 Å². The zero-order valence-corrected chi connectivity index (χ0v) is 14.8. The molecule has 0 bridgehead atoms. The molecule has 126 valence electrons. The van der Waals surface area contributed by atoms with Crippen LogP contribution in [-0.2, 0) is 0 Å². The normalized spacial score (nSPS) is 9.17. The van der Waals surface area contributed by atoms with Crippen molar-refractivity contribution in [2.75, 3.05) is 0 Å². The number of hydrogen-bond donors (Lipinski definition) is 2. The molecule has 0 aliphatic carbocycles. The van der Waals surface area contributed by atoms with Crippen LogP contribution in [0.4, 0.5) is 0 Å². The molecular formula is C22H26O2. The van der Waals surface area contributed by atoms with E-state index in [4.69, 9.17) is 10.2 Å². The van der Waals surface area contributed by atoms with Gasteiger partial charge in [0.25, 0.3) is 0 Å². The molecule has 2 N–H and O–H groups in total. The van der Waals surface area contributed by atoms with Crippen LogP contribution in [-0.4, -0.2) is 10.2 Å². The fourth-order valence-electron chi connectivity index (χ4n) is 1.78. The van der Waals surface area contributed by atoms with Crippen LogP contribution < -0.4 is 0 Å². The third-order valence-corrected chi connectivity index (χ3v) is 3.70. The number of rotatable bonds is 0. The molecule has 0 unspecified atom stereocenters. The summed E-state index contributed by atoms with van der Waals surface area (Å²) in [5.74, 6) is 0.339. The minimum atomic E-state index is 0.169. The van der Waals surface area contributed by atoms with Gasteiger partial charge in [0.05, 0.1) is 0 Å². The predicted molar refractivity (Wildman–Crippen MR) is 102 cm³/mol. The molecule has 3 aromatic rings. The Bertz CT molecular complexity index is 624. The molecule has 0 atom stereocenters. The first kappa shape index (κ1) is 19.3. The summed E-state index contributed by atoms with van der Waals surface area (Å²) >= 11 is 0. The molecule has 0 aliphatic rings. The first-order chi connectivity index (χ1) is 11.4. The Morgan fingerprint density at radius 1 is 0.417 bits per heavy atom. The summed E-state index contributed by atoms with van der Waals surface area (Å²) in [6, 6.07) is 22.4. The molecule has 0 amide bonds. The van der Waals surface area contributed by atoms with Gasteiger partial charge in [-0.25, -0.2) is 0 Å². The number of aromatic hydroxyl groups is 2. The summed E-state index contributed by atoms with van der Waals surface area (Å²) in [5, 5.41) is 17.3. The SMILES string of the molecule is Cc1ccccc1C.Cc1ccccc1C.Oc1ccc(O)cc1. The predicted octanol–water partition coefficient (Wildman–Crippen LogP) is 5.70. The third-order valence-electron chi connectivity index (χ3n) is 3.70. The average Bonchev–Trinajstić information content (AvgIpc) is 2.57. The van der Waals surface area contributed by atoms with E-state index in [-0.39, 0.29) is 11.5 Å². The first-order valence-corrected chi connectivity index (χ1v) is 7.92. The van der Waals surface area contributed by atoms with E-state index in [1.54, 1.807) is 0 Å². The summed E-state index contributed by atoms with van der Waals surface area (Å²) in [7, 11) is 0. The zero-order chi connectivity index (χ0) is 17.9. The maximum Gasteiger partial charge on any atom is 0.115 e. The maximum atomic E-state index is 8.65. The Morgan fingerprint density at radius 2 is 0.625 bits per heavy atom. The van der Waals surface area contributed by atoms with Crippen LogP contribution in [0.5, 0.6) is 11.5 Å². The smallest absolute Gasteiger partial charge is 0.115 e. The summed E-state index contributed by atoms with van der Waals surface area (Å²) in [6.45, 7) is 8.48. The Balaban J connectivity index is 0.000000180. The van der Waals surface area contributed by atoms with Crippen molar-refractivity contribution < 1.29 is 10.2 Å². The second kappa shape index (κ2) is 10.1. The number of phenols is 2. The molecule has 3 aromatic carbocycles. The van der Waals surface area contributed by atoms with E-state index in [9.17, 15) is 0 Å². The summed E-state index contributed by atoms with van der Waals surface area (Å²) in [4.78, 5) is 0. The molecule has 0 heterocycles. The fraction of sp³-hybridized carbons (Fsp3) is 0.182. The van der Waals surface area contributed by atoms with Crippen molar-refractivity contribution in [3.8, 4) is 11.5 Å². The van der Waals surface area contributed by atoms with Crippen molar-refractivity contribution in [1.29, 1.82) is 0 Å². The van der Waals surface area contributed by atoms with Gasteiger partial charge in [0.15, 0.2) is 0 Å². The molecule has 0 aromatic heterocycles. The highest BCUT2D eigenvalue weighted by Gasteiger charge is 1.85. The van der Waals surface area contributed by atoms with Crippen LogP contribution >= 0.6 is 0 Å². The van der Waals surface area contributed by atoms with Crippen molar-refractivity contribution in [3.05, 3.63) is 95.1 Å². The van der Waals surface area contributed by atoms with Gasteiger partial charge >= 0.3 is 0 Å². The molecule has 0 saturated heterocycles. The maximum absolute atomic E-state index is 8.65. The molecule has 0 radical (unpaired) electrons. The van der Waals surface area contributed by atoms with Gasteiger partial charge in [-0.3, -0.25) is 0 Å². The minimum Gasteiger partial charge on any atom is -0.508 e. The van der Waals surface area contributed by atoms with E-state index in [2.05, 4.69) is 76.2 Å². The van der Waals surface area contributed by atoms with Crippen molar-refractivity contribution >= 4 is 0 Å². The molecule has 0 spiro atoms. The van der Waals surface area contributed by atoms with Gasteiger partial charge in [0, 0.05) is 0 Å². The topological polar surface area (TPSA) is 40.5 Å². The zero-order valence-electron chi connectivity index (χ0n) is 14.8. The quantitative estimate of drug-likeness (QED) is 0.521. The lowest BCUT2D eigenvalue weighted by Crippen LogP contribution is -1.74. The van der Waals surface area contributed by atoms with Gasteiger partial charge in [-0.2, -0.15) is 0 Å². The third kappa shape index (κ3) is 7.50.